The fourth-order valence-electron chi connectivity index (χ4n) is 2.48. The number of benzene rings is 2. The van der Waals surface area contributed by atoms with Crippen molar-refractivity contribution in [1.29, 1.82) is 0 Å². The van der Waals surface area contributed by atoms with Gasteiger partial charge in [-0.15, -0.1) is 0 Å². The molecule has 3 aromatic rings. The minimum absolute atomic E-state index is 0.127. The van der Waals surface area contributed by atoms with Gasteiger partial charge in [0, 0.05) is 16.7 Å². The summed E-state index contributed by atoms with van der Waals surface area (Å²) in [5.74, 6) is 0. The van der Waals surface area contributed by atoms with Crippen LogP contribution in [-0.4, -0.2) is 33.7 Å². The average Bonchev–Trinajstić information content (AvgIpc) is 3.08. The van der Waals surface area contributed by atoms with Gasteiger partial charge in [0.05, 0.1) is 11.4 Å². The van der Waals surface area contributed by atoms with Crippen molar-refractivity contribution < 1.29 is 16.8 Å². The van der Waals surface area contributed by atoms with Gasteiger partial charge < -0.3 is 0 Å². The van der Waals surface area contributed by atoms with E-state index in [1.54, 1.807) is 30.3 Å². The van der Waals surface area contributed by atoms with Crippen molar-refractivity contribution in [2.75, 3.05) is 7.05 Å². The molecule has 0 amide bonds. The molecule has 11 heteroatoms. The topological polar surface area (TPSA) is 124 Å². The van der Waals surface area contributed by atoms with Crippen molar-refractivity contribution in [2.45, 2.75) is 9.92 Å². The molecule has 0 spiro atoms. The Morgan fingerprint density at radius 1 is 1.04 bits per heavy atom. The molecule has 3 N–H and O–H groups in total. The van der Waals surface area contributed by atoms with Gasteiger partial charge in [-0.2, -0.15) is 5.10 Å². The molecule has 27 heavy (non-hydrogen) atoms. The summed E-state index contributed by atoms with van der Waals surface area (Å²) in [6.45, 7) is 0. The molecule has 0 atom stereocenters. The summed E-state index contributed by atoms with van der Waals surface area (Å²) in [5, 5.41) is 9.65. The summed E-state index contributed by atoms with van der Waals surface area (Å²) in [4.78, 5) is -0.184. The van der Waals surface area contributed by atoms with Crippen LogP contribution in [0.15, 0.2) is 64.5 Å². The van der Waals surface area contributed by atoms with Crippen LogP contribution in [0.5, 0.6) is 0 Å². The van der Waals surface area contributed by atoms with Crippen molar-refractivity contribution >= 4 is 31.6 Å². The summed E-state index contributed by atoms with van der Waals surface area (Å²) >= 11 is 5.92. The zero-order chi connectivity index (χ0) is 19.8. The Balaban J connectivity index is 2.35. The van der Waals surface area contributed by atoms with Crippen LogP contribution in [0.4, 0.5) is 0 Å². The molecule has 142 valence electrons. The van der Waals surface area contributed by atoms with Gasteiger partial charge in [-0.1, -0.05) is 35.9 Å². The van der Waals surface area contributed by atoms with Crippen LogP contribution in [0.25, 0.3) is 16.9 Å². The molecule has 1 heterocycles. The van der Waals surface area contributed by atoms with E-state index in [1.165, 1.54) is 36.0 Å². The Bertz CT molecular complexity index is 1200. The number of hydrogen-bond acceptors (Lipinski definition) is 5. The van der Waals surface area contributed by atoms with E-state index in [4.69, 9.17) is 16.7 Å². The number of nitrogens with zero attached hydrogens (tertiary/aromatic N) is 2. The second-order valence-corrected chi connectivity index (χ2v) is 9.31. The lowest BCUT2D eigenvalue weighted by Gasteiger charge is -2.11. The quantitative estimate of drug-likeness (QED) is 0.643. The predicted octanol–water partition coefficient (Wildman–Crippen LogP) is 1.75. The molecule has 0 aliphatic heterocycles. The molecule has 0 unspecified atom stereocenters. The molecule has 3 rings (SSSR count). The first kappa shape index (κ1) is 19.5. The maximum Gasteiger partial charge on any atom is 0.259 e. The molecule has 0 saturated carbocycles. The van der Waals surface area contributed by atoms with Crippen LogP contribution in [-0.2, 0) is 20.0 Å². The smallest absolute Gasteiger partial charge is 0.230 e. The Kier molecular flexibility index (Phi) is 5.10. The van der Waals surface area contributed by atoms with E-state index in [1.807, 2.05) is 0 Å². The molecule has 0 aliphatic carbocycles. The second kappa shape index (κ2) is 7.06. The lowest BCUT2D eigenvalue weighted by atomic mass is 10.1. The van der Waals surface area contributed by atoms with Crippen molar-refractivity contribution in [2.24, 2.45) is 5.14 Å². The maximum atomic E-state index is 12.2. The summed E-state index contributed by atoms with van der Waals surface area (Å²) in [6.07, 6.45) is 0. The summed E-state index contributed by atoms with van der Waals surface area (Å²) in [7, 11) is -6.67. The number of halogens is 1. The first-order chi connectivity index (χ1) is 12.6. The van der Waals surface area contributed by atoms with E-state index in [0.717, 1.165) is 0 Å². The van der Waals surface area contributed by atoms with Crippen LogP contribution in [0.2, 0.25) is 5.02 Å². The number of aromatic nitrogens is 2. The first-order valence-corrected chi connectivity index (χ1v) is 11.0. The minimum Gasteiger partial charge on any atom is -0.230 e. The lowest BCUT2D eigenvalue weighted by Crippen LogP contribution is -2.19. The lowest BCUT2D eigenvalue weighted by molar-refractivity contribution is 0.582. The third kappa shape index (κ3) is 3.89. The van der Waals surface area contributed by atoms with Crippen molar-refractivity contribution in [3.63, 3.8) is 0 Å². The molecule has 0 aliphatic rings. The van der Waals surface area contributed by atoms with Crippen LogP contribution in [0.1, 0.15) is 0 Å². The number of rotatable bonds is 5. The van der Waals surface area contributed by atoms with Crippen molar-refractivity contribution in [1.82, 2.24) is 14.5 Å². The van der Waals surface area contributed by atoms with E-state index in [2.05, 4.69) is 9.82 Å². The highest BCUT2D eigenvalue weighted by Crippen LogP contribution is 2.29. The fraction of sp³-hybridized carbons (Fsp3) is 0.0625. The predicted molar refractivity (Wildman–Crippen MR) is 102 cm³/mol. The second-order valence-electron chi connectivity index (χ2n) is 5.51. The Hall–Kier alpha value is -2.24. The molecule has 0 bridgehead atoms. The highest BCUT2D eigenvalue weighted by atomic mass is 35.5. The van der Waals surface area contributed by atoms with E-state index in [-0.39, 0.29) is 15.6 Å². The zero-order valence-corrected chi connectivity index (χ0v) is 16.4. The molecule has 0 fully saturated rings. The Labute approximate surface area is 161 Å². The molecule has 0 radical (unpaired) electrons. The Morgan fingerprint density at radius 2 is 1.67 bits per heavy atom. The maximum absolute atomic E-state index is 12.2. The summed E-state index contributed by atoms with van der Waals surface area (Å²) in [6, 6.07) is 13.9. The number of primary sulfonamides is 1. The first-order valence-electron chi connectivity index (χ1n) is 7.55. The number of nitrogens with two attached hydrogens (primary N) is 1. The highest BCUT2D eigenvalue weighted by Gasteiger charge is 2.23. The number of hydrogen-bond donors (Lipinski definition) is 2. The molecule has 2 aromatic carbocycles. The summed E-state index contributed by atoms with van der Waals surface area (Å²) < 4.78 is 51.8. The highest BCUT2D eigenvalue weighted by molar-refractivity contribution is 7.89. The molecule has 1 aromatic heterocycles. The van der Waals surface area contributed by atoms with Gasteiger partial charge in [0.1, 0.15) is 4.90 Å². The van der Waals surface area contributed by atoms with E-state index >= 15 is 0 Å². The summed E-state index contributed by atoms with van der Waals surface area (Å²) in [5.41, 5.74) is 1.08. The van der Waals surface area contributed by atoms with Gasteiger partial charge >= 0.3 is 0 Å². The van der Waals surface area contributed by atoms with Crippen molar-refractivity contribution in [3.8, 4) is 16.9 Å². The minimum atomic E-state index is -4.07. The fourth-order valence-corrected chi connectivity index (χ4v) is 3.98. The van der Waals surface area contributed by atoms with Crippen molar-refractivity contribution in [3.05, 3.63) is 59.6 Å². The van der Waals surface area contributed by atoms with Gasteiger partial charge in [-0.05, 0) is 31.3 Å². The van der Waals surface area contributed by atoms with E-state index in [9.17, 15) is 16.8 Å². The standard InChI is InChI=1S/C16H15ClN4O4S2/c1-19-27(24,25)16-10-14(11-6-8-12(17)9-7-11)21(20-16)13-4-2-3-5-15(13)26(18,22)23/h2-10,19H,1H3,(H2,18,22,23). The van der Waals surface area contributed by atoms with Crippen LogP contribution >= 0.6 is 11.6 Å². The molecular formula is C16H15ClN4O4S2. The number of para-hydroxylation sites is 1. The Morgan fingerprint density at radius 3 is 2.26 bits per heavy atom. The number of nitrogens with one attached hydrogen (secondary N) is 1. The largest absolute Gasteiger partial charge is 0.259 e. The van der Waals surface area contributed by atoms with Crippen LogP contribution in [0.3, 0.4) is 0 Å². The van der Waals surface area contributed by atoms with Gasteiger partial charge in [0.25, 0.3) is 10.0 Å². The molecule has 8 nitrogen and oxygen atoms in total. The average molecular weight is 427 g/mol. The normalized spacial score (nSPS) is 12.3. The van der Waals surface area contributed by atoms with Crippen LogP contribution < -0.4 is 9.86 Å². The monoisotopic (exact) mass is 426 g/mol. The van der Waals surface area contributed by atoms with Gasteiger partial charge in [-0.3, -0.25) is 0 Å². The van der Waals surface area contributed by atoms with Gasteiger partial charge in [0.2, 0.25) is 10.0 Å². The van der Waals surface area contributed by atoms with E-state index in [0.29, 0.717) is 16.3 Å². The SMILES string of the molecule is CNS(=O)(=O)c1cc(-c2ccc(Cl)cc2)n(-c2ccccc2S(N)(=O)=O)n1. The molecular weight excluding hydrogens is 412 g/mol. The van der Waals surface area contributed by atoms with E-state index < -0.39 is 20.0 Å². The van der Waals surface area contributed by atoms with Gasteiger partial charge in [0.15, 0.2) is 5.03 Å². The zero-order valence-electron chi connectivity index (χ0n) is 14.0. The van der Waals surface area contributed by atoms with Gasteiger partial charge in [-0.25, -0.2) is 31.4 Å². The third-order valence-electron chi connectivity index (χ3n) is 3.77. The van der Waals surface area contributed by atoms with Crippen LogP contribution in [0, 0.1) is 0 Å². The number of sulfonamides is 2. The molecule has 0 saturated heterocycles. The third-order valence-corrected chi connectivity index (χ3v) is 6.27.